The number of nitriles is 2. The second-order valence-electron chi connectivity index (χ2n) is 4.61. The highest BCUT2D eigenvalue weighted by Gasteiger charge is 2.16. The summed E-state index contributed by atoms with van der Waals surface area (Å²) in [5.41, 5.74) is 1.08. The maximum atomic E-state index is 9.18. The summed E-state index contributed by atoms with van der Waals surface area (Å²) in [6, 6.07) is 13.8. The molecule has 0 radical (unpaired) electrons. The van der Waals surface area contributed by atoms with Gasteiger partial charge in [-0.25, -0.2) is 0 Å². The van der Waals surface area contributed by atoms with E-state index in [0.29, 0.717) is 26.1 Å². The van der Waals surface area contributed by atoms with Gasteiger partial charge in [0.2, 0.25) is 0 Å². The second kappa shape index (κ2) is 10.6. The fourth-order valence-electron chi connectivity index (χ4n) is 1.91. The Labute approximate surface area is 126 Å². The molecular weight excluding hydrogens is 262 g/mol. The van der Waals surface area contributed by atoms with Crippen LogP contribution in [0.1, 0.15) is 31.4 Å². The summed E-state index contributed by atoms with van der Waals surface area (Å²) in [7, 11) is 0. The van der Waals surface area contributed by atoms with Crippen LogP contribution in [0.15, 0.2) is 42.5 Å². The third kappa shape index (κ3) is 6.72. The van der Waals surface area contributed by atoms with Crippen LogP contribution in [0, 0.1) is 22.7 Å². The minimum absolute atomic E-state index is 0.0557. The maximum absolute atomic E-state index is 9.18. The van der Waals surface area contributed by atoms with Gasteiger partial charge in [0.25, 0.3) is 0 Å². The van der Waals surface area contributed by atoms with Crippen LogP contribution in [0.3, 0.4) is 0 Å². The van der Waals surface area contributed by atoms with E-state index in [4.69, 9.17) is 10.00 Å². The summed E-state index contributed by atoms with van der Waals surface area (Å²) < 4.78 is 5.62. The first-order valence-corrected chi connectivity index (χ1v) is 7.08. The van der Waals surface area contributed by atoms with Crippen LogP contribution >= 0.6 is 0 Å². The zero-order valence-corrected chi connectivity index (χ0v) is 12.3. The zero-order chi connectivity index (χ0) is 15.3. The fraction of sp³-hybridized carbons (Fsp3) is 0.412. The zero-order valence-electron chi connectivity index (χ0n) is 12.3. The Kier molecular flexibility index (Phi) is 8.56. The van der Waals surface area contributed by atoms with E-state index in [2.05, 4.69) is 17.5 Å². The number of hydrogen-bond donors (Lipinski definition) is 1. The van der Waals surface area contributed by atoms with E-state index < -0.39 is 0 Å². The molecule has 0 saturated heterocycles. The Morgan fingerprint density at radius 2 is 2.05 bits per heavy atom. The quantitative estimate of drug-likeness (QED) is 0.558. The van der Waals surface area contributed by atoms with Crippen molar-refractivity contribution in [3.63, 3.8) is 0 Å². The first-order chi connectivity index (χ1) is 10.3. The number of hydrogen-bond acceptors (Lipinski definition) is 4. The average Bonchev–Trinajstić information content (AvgIpc) is 2.54. The molecule has 0 bridgehead atoms. The van der Waals surface area contributed by atoms with Gasteiger partial charge < -0.3 is 4.74 Å². The number of nitrogens with one attached hydrogen (secondary N) is 1. The van der Waals surface area contributed by atoms with Gasteiger partial charge in [0.1, 0.15) is 0 Å². The number of rotatable bonds is 9. The molecule has 1 aromatic rings. The van der Waals surface area contributed by atoms with Gasteiger partial charge in [-0.1, -0.05) is 42.5 Å². The van der Waals surface area contributed by atoms with Gasteiger partial charge in [0.15, 0.2) is 0 Å². The van der Waals surface area contributed by atoms with E-state index in [1.807, 2.05) is 49.4 Å². The largest absolute Gasteiger partial charge is 0.375 e. The standard InChI is InChI=1S/C17H21N3O/c1-2-3-12-21-14-17(15-8-5-4-6-9-15)20-16(13-19)10-7-11-18/h2-6,8-9,16-17,20H,7,10,12,14H2,1H3/b3-2+/t16-,17-/m0/s1. The van der Waals surface area contributed by atoms with Crippen molar-refractivity contribution in [3.05, 3.63) is 48.0 Å². The van der Waals surface area contributed by atoms with Gasteiger partial charge in [0.05, 0.1) is 37.4 Å². The van der Waals surface area contributed by atoms with E-state index in [1.165, 1.54) is 0 Å². The Balaban J connectivity index is 2.67. The molecule has 0 spiro atoms. The van der Waals surface area contributed by atoms with Gasteiger partial charge in [0, 0.05) is 6.42 Å². The van der Waals surface area contributed by atoms with Crippen LogP contribution in [0.25, 0.3) is 0 Å². The Morgan fingerprint density at radius 1 is 1.29 bits per heavy atom. The van der Waals surface area contributed by atoms with E-state index in [1.54, 1.807) is 0 Å². The summed E-state index contributed by atoms with van der Waals surface area (Å²) in [6.45, 7) is 2.99. The van der Waals surface area contributed by atoms with Gasteiger partial charge in [-0.2, -0.15) is 10.5 Å². The smallest absolute Gasteiger partial charge is 0.0968 e. The van der Waals surface area contributed by atoms with E-state index >= 15 is 0 Å². The van der Waals surface area contributed by atoms with Gasteiger partial charge in [-0.15, -0.1) is 0 Å². The van der Waals surface area contributed by atoms with Crippen molar-refractivity contribution < 1.29 is 4.74 Å². The minimum atomic E-state index is -0.347. The molecule has 21 heavy (non-hydrogen) atoms. The highest BCUT2D eigenvalue weighted by Crippen LogP contribution is 2.15. The van der Waals surface area contributed by atoms with Crippen LogP contribution < -0.4 is 5.32 Å². The monoisotopic (exact) mass is 283 g/mol. The first-order valence-electron chi connectivity index (χ1n) is 7.08. The predicted molar refractivity (Wildman–Crippen MR) is 82.2 cm³/mol. The van der Waals surface area contributed by atoms with Crippen LogP contribution in [0.5, 0.6) is 0 Å². The van der Waals surface area contributed by atoms with E-state index in [-0.39, 0.29) is 12.1 Å². The molecule has 4 heteroatoms. The number of allylic oxidation sites excluding steroid dienone is 1. The van der Waals surface area contributed by atoms with Crippen LogP contribution in [-0.4, -0.2) is 19.3 Å². The number of nitrogens with zero attached hydrogens (tertiary/aromatic N) is 2. The van der Waals surface area contributed by atoms with Crippen molar-refractivity contribution in [2.24, 2.45) is 0 Å². The normalized spacial score (nSPS) is 13.5. The molecule has 0 unspecified atom stereocenters. The lowest BCUT2D eigenvalue weighted by molar-refractivity contribution is 0.133. The van der Waals surface area contributed by atoms with Crippen molar-refractivity contribution >= 4 is 0 Å². The van der Waals surface area contributed by atoms with Crippen LogP contribution in [0.2, 0.25) is 0 Å². The molecule has 1 N–H and O–H groups in total. The molecule has 0 aromatic heterocycles. The highest BCUT2D eigenvalue weighted by atomic mass is 16.5. The molecule has 0 saturated carbocycles. The van der Waals surface area contributed by atoms with Crippen LogP contribution in [0.4, 0.5) is 0 Å². The molecule has 0 heterocycles. The SMILES string of the molecule is C/C=C/COC[C@H](N[C@H](C#N)CCC#N)c1ccccc1. The second-order valence-corrected chi connectivity index (χ2v) is 4.61. The third-order valence-electron chi connectivity index (χ3n) is 3.04. The molecule has 4 nitrogen and oxygen atoms in total. The Bertz CT molecular complexity index is 499. The molecular formula is C17H21N3O. The summed E-state index contributed by atoms with van der Waals surface area (Å²) in [5, 5.41) is 21.1. The molecule has 2 atom stereocenters. The van der Waals surface area contributed by atoms with Crippen molar-refractivity contribution in [3.8, 4) is 12.1 Å². The molecule has 0 aliphatic heterocycles. The predicted octanol–water partition coefficient (Wildman–Crippen LogP) is 3.11. The third-order valence-corrected chi connectivity index (χ3v) is 3.04. The van der Waals surface area contributed by atoms with Crippen molar-refractivity contribution in [1.82, 2.24) is 5.32 Å². The van der Waals surface area contributed by atoms with Crippen molar-refractivity contribution in [1.29, 1.82) is 10.5 Å². The fourth-order valence-corrected chi connectivity index (χ4v) is 1.91. The lowest BCUT2D eigenvalue weighted by atomic mass is 10.1. The molecule has 0 aliphatic carbocycles. The van der Waals surface area contributed by atoms with Crippen molar-refractivity contribution in [2.75, 3.05) is 13.2 Å². The summed E-state index contributed by atoms with van der Waals surface area (Å²) in [4.78, 5) is 0. The van der Waals surface area contributed by atoms with Gasteiger partial charge in [-0.05, 0) is 18.9 Å². The lowest BCUT2D eigenvalue weighted by Gasteiger charge is -2.22. The Morgan fingerprint density at radius 3 is 2.67 bits per heavy atom. The van der Waals surface area contributed by atoms with E-state index in [0.717, 1.165) is 5.56 Å². The maximum Gasteiger partial charge on any atom is 0.0968 e. The lowest BCUT2D eigenvalue weighted by Crippen LogP contribution is -2.34. The highest BCUT2D eigenvalue weighted by molar-refractivity contribution is 5.19. The number of ether oxygens (including phenoxy) is 1. The van der Waals surface area contributed by atoms with Crippen molar-refractivity contribution in [2.45, 2.75) is 31.8 Å². The average molecular weight is 283 g/mol. The Hall–Kier alpha value is -2.14. The molecule has 0 aliphatic rings. The first kappa shape index (κ1) is 16.9. The van der Waals surface area contributed by atoms with Gasteiger partial charge >= 0.3 is 0 Å². The molecule has 1 aromatic carbocycles. The summed E-state index contributed by atoms with van der Waals surface area (Å²) in [6.07, 6.45) is 4.77. The van der Waals surface area contributed by atoms with E-state index in [9.17, 15) is 5.26 Å². The summed E-state index contributed by atoms with van der Waals surface area (Å²) >= 11 is 0. The van der Waals surface area contributed by atoms with Crippen LogP contribution in [-0.2, 0) is 4.74 Å². The molecule has 110 valence electrons. The molecule has 1 rings (SSSR count). The molecule has 0 amide bonds. The minimum Gasteiger partial charge on any atom is -0.375 e. The van der Waals surface area contributed by atoms with Gasteiger partial charge in [-0.3, -0.25) is 5.32 Å². The molecule has 0 fully saturated rings. The summed E-state index contributed by atoms with van der Waals surface area (Å²) in [5.74, 6) is 0. The number of benzene rings is 1. The topological polar surface area (TPSA) is 68.8 Å².